The number of hydrogen-bond acceptors (Lipinski definition) is 3. The van der Waals surface area contributed by atoms with Gasteiger partial charge in [-0.05, 0) is 35.9 Å². The zero-order valence-electron chi connectivity index (χ0n) is 15.9. The number of piperazine rings is 1. The van der Waals surface area contributed by atoms with Crippen LogP contribution in [0.5, 0.6) is 0 Å². The fourth-order valence-corrected chi connectivity index (χ4v) is 5.38. The average Bonchev–Trinajstić information content (AvgIpc) is 2.75. The van der Waals surface area contributed by atoms with Crippen LogP contribution in [0.3, 0.4) is 0 Å². The Labute approximate surface area is 167 Å². The molecule has 5 heteroatoms. The molecule has 1 heterocycles. The van der Waals surface area contributed by atoms with E-state index in [1.54, 1.807) is 16.4 Å². The zero-order valence-corrected chi connectivity index (χ0v) is 16.7. The predicted molar refractivity (Wildman–Crippen MR) is 112 cm³/mol. The molecule has 1 aliphatic heterocycles. The minimum absolute atomic E-state index is 0.190. The molecule has 28 heavy (non-hydrogen) atoms. The highest BCUT2D eigenvalue weighted by atomic mass is 32.2. The quantitative estimate of drug-likeness (QED) is 0.673. The van der Waals surface area contributed by atoms with E-state index in [1.807, 2.05) is 79.8 Å². The molecule has 0 radical (unpaired) electrons. The Hall–Kier alpha value is -2.47. The fraction of sp³-hybridized carbons (Fsp3) is 0.217. The van der Waals surface area contributed by atoms with Gasteiger partial charge >= 0.3 is 0 Å². The van der Waals surface area contributed by atoms with Crippen molar-refractivity contribution in [1.82, 2.24) is 9.21 Å². The SMILES string of the molecule is CN1CCN(S(=O)(=O)c2cccc(-c3ccccc3)c2)C(c2ccccc2)C1. The summed E-state index contributed by atoms with van der Waals surface area (Å²) in [4.78, 5) is 2.53. The summed E-state index contributed by atoms with van der Waals surface area (Å²) in [5.41, 5.74) is 2.95. The van der Waals surface area contributed by atoms with E-state index in [-0.39, 0.29) is 6.04 Å². The summed E-state index contributed by atoms with van der Waals surface area (Å²) in [5.74, 6) is 0. The van der Waals surface area contributed by atoms with Crippen LogP contribution in [0.25, 0.3) is 11.1 Å². The number of hydrogen-bond donors (Lipinski definition) is 0. The highest BCUT2D eigenvalue weighted by Crippen LogP contribution is 2.32. The van der Waals surface area contributed by atoms with Crippen molar-refractivity contribution in [3.05, 3.63) is 90.5 Å². The maximum Gasteiger partial charge on any atom is 0.243 e. The summed E-state index contributed by atoms with van der Waals surface area (Å²) in [6, 6.07) is 26.8. The van der Waals surface area contributed by atoms with Gasteiger partial charge in [0.1, 0.15) is 0 Å². The molecule has 1 fully saturated rings. The van der Waals surface area contributed by atoms with E-state index in [4.69, 9.17) is 0 Å². The molecule has 1 aliphatic rings. The topological polar surface area (TPSA) is 40.6 Å². The lowest BCUT2D eigenvalue weighted by atomic mass is 10.1. The Morgan fingerprint density at radius 1 is 0.786 bits per heavy atom. The minimum atomic E-state index is -3.61. The second-order valence-corrected chi connectivity index (χ2v) is 9.09. The molecule has 0 aromatic heterocycles. The molecule has 0 saturated carbocycles. The number of likely N-dealkylation sites (N-methyl/N-ethyl adjacent to an activating group) is 1. The van der Waals surface area contributed by atoms with Gasteiger partial charge < -0.3 is 4.90 Å². The van der Waals surface area contributed by atoms with Gasteiger partial charge in [0.15, 0.2) is 0 Å². The van der Waals surface area contributed by atoms with Gasteiger partial charge in [-0.25, -0.2) is 8.42 Å². The van der Waals surface area contributed by atoms with Crippen LogP contribution in [-0.4, -0.2) is 44.3 Å². The molecule has 0 aliphatic carbocycles. The molecule has 144 valence electrons. The van der Waals surface area contributed by atoms with E-state index in [1.165, 1.54) is 0 Å². The molecular formula is C23H24N2O2S. The smallest absolute Gasteiger partial charge is 0.243 e. The fourth-order valence-electron chi connectivity index (χ4n) is 3.74. The normalized spacial score (nSPS) is 18.8. The number of nitrogens with zero attached hydrogens (tertiary/aromatic N) is 2. The maximum absolute atomic E-state index is 13.6. The van der Waals surface area contributed by atoms with E-state index in [0.29, 0.717) is 18.0 Å². The molecular weight excluding hydrogens is 368 g/mol. The van der Waals surface area contributed by atoms with Gasteiger partial charge in [-0.3, -0.25) is 0 Å². The lowest BCUT2D eigenvalue weighted by molar-refractivity contribution is 0.160. The molecule has 0 N–H and O–H groups in total. The van der Waals surface area contributed by atoms with Crippen LogP contribution in [0.2, 0.25) is 0 Å². The first-order valence-electron chi connectivity index (χ1n) is 9.46. The van der Waals surface area contributed by atoms with Crippen LogP contribution in [0.4, 0.5) is 0 Å². The van der Waals surface area contributed by atoms with Crippen LogP contribution in [0, 0.1) is 0 Å². The van der Waals surface area contributed by atoms with Crippen LogP contribution in [0.1, 0.15) is 11.6 Å². The molecule has 1 saturated heterocycles. The van der Waals surface area contributed by atoms with Gasteiger partial charge in [0.05, 0.1) is 10.9 Å². The second-order valence-electron chi connectivity index (χ2n) is 7.20. The molecule has 3 aromatic carbocycles. The van der Waals surface area contributed by atoms with Gasteiger partial charge in [0.25, 0.3) is 0 Å². The molecule has 0 amide bonds. The first kappa shape index (κ1) is 18.9. The van der Waals surface area contributed by atoms with Gasteiger partial charge in [0, 0.05) is 19.6 Å². The summed E-state index contributed by atoms with van der Waals surface area (Å²) in [6.45, 7) is 1.89. The lowest BCUT2D eigenvalue weighted by Crippen LogP contribution is -2.49. The highest BCUT2D eigenvalue weighted by Gasteiger charge is 2.36. The first-order valence-corrected chi connectivity index (χ1v) is 10.9. The Balaban J connectivity index is 1.73. The van der Waals surface area contributed by atoms with E-state index in [9.17, 15) is 8.42 Å². The van der Waals surface area contributed by atoms with E-state index in [0.717, 1.165) is 23.2 Å². The monoisotopic (exact) mass is 392 g/mol. The van der Waals surface area contributed by atoms with E-state index < -0.39 is 10.0 Å². The molecule has 1 unspecified atom stereocenters. The van der Waals surface area contributed by atoms with Gasteiger partial charge in [-0.1, -0.05) is 72.8 Å². The summed E-state index contributed by atoms with van der Waals surface area (Å²) in [5, 5.41) is 0. The largest absolute Gasteiger partial charge is 0.303 e. The van der Waals surface area contributed by atoms with Crippen molar-refractivity contribution in [2.75, 3.05) is 26.7 Å². The van der Waals surface area contributed by atoms with Gasteiger partial charge in [-0.15, -0.1) is 0 Å². The third kappa shape index (κ3) is 3.74. The second kappa shape index (κ2) is 7.87. The van der Waals surface area contributed by atoms with Crippen LogP contribution in [-0.2, 0) is 10.0 Å². The van der Waals surface area contributed by atoms with Crippen LogP contribution < -0.4 is 0 Å². The highest BCUT2D eigenvalue weighted by molar-refractivity contribution is 7.89. The number of sulfonamides is 1. The first-order chi connectivity index (χ1) is 13.6. The van der Waals surface area contributed by atoms with Crippen LogP contribution in [0.15, 0.2) is 89.8 Å². The van der Waals surface area contributed by atoms with Crippen molar-refractivity contribution < 1.29 is 8.42 Å². The van der Waals surface area contributed by atoms with Crippen molar-refractivity contribution >= 4 is 10.0 Å². The third-order valence-corrected chi connectivity index (χ3v) is 7.17. The van der Waals surface area contributed by atoms with Gasteiger partial charge in [-0.2, -0.15) is 4.31 Å². The maximum atomic E-state index is 13.6. The standard InChI is InChI=1S/C23H24N2O2S/c1-24-15-16-25(23(18-24)20-11-6-3-7-12-20)28(26,27)22-14-8-13-21(17-22)19-9-4-2-5-10-19/h2-14,17,23H,15-16,18H2,1H3. The molecule has 4 nitrogen and oxygen atoms in total. The summed E-state index contributed by atoms with van der Waals surface area (Å²) in [6.07, 6.45) is 0. The molecule has 4 rings (SSSR count). The number of benzene rings is 3. The number of rotatable bonds is 4. The lowest BCUT2D eigenvalue weighted by Gasteiger charge is -2.39. The zero-order chi connectivity index (χ0) is 19.6. The Bertz CT molecular complexity index is 1040. The van der Waals surface area contributed by atoms with Crippen LogP contribution >= 0.6 is 0 Å². The van der Waals surface area contributed by atoms with Crippen molar-refractivity contribution in [2.45, 2.75) is 10.9 Å². The molecule has 0 bridgehead atoms. The summed E-state index contributed by atoms with van der Waals surface area (Å²) < 4.78 is 28.8. The van der Waals surface area contributed by atoms with Crippen molar-refractivity contribution in [1.29, 1.82) is 0 Å². The molecule has 3 aromatic rings. The molecule has 0 spiro atoms. The van der Waals surface area contributed by atoms with Crippen molar-refractivity contribution in [3.8, 4) is 11.1 Å². The summed E-state index contributed by atoms with van der Waals surface area (Å²) in [7, 11) is -1.57. The average molecular weight is 393 g/mol. The van der Waals surface area contributed by atoms with E-state index in [2.05, 4.69) is 4.90 Å². The van der Waals surface area contributed by atoms with Gasteiger partial charge in [0.2, 0.25) is 10.0 Å². The third-order valence-electron chi connectivity index (χ3n) is 5.27. The Morgan fingerprint density at radius 3 is 2.14 bits per heavy atom. The van der Waals surface area contributed by atoms with Crippen molar-refractivity contribution in [3.63, 3.8) is 0 Å². The molecule has 1 atom stereocenters. The van der Waals surface area contributed by atoms with E-state index >= 15 is 0 Å². The summed E-state index contributed by atoms with van der Waals surface area (Å²) >= 11 is 0. The predicted octanol–water partition coefficient (Wildman–Crippen LogP) is 4.03. The Kier molecular flexibility index (Phi) is 5.31. The minimum Gasteiger partial charge on any atom is -0.303 e. The van der Waals surface area contributed by atoms with Crippen molar-refractivity contribution in [2.24, 2.45) is 0 Å². The Morgan fingerprint density at radius 2 is 1.43 bits per heavy atom.